The standard InChI is InChI=1S/C13H16N2O3/c16-11-6-9-1-2-10(7-11)15(9)12-5-8(13(17)18)3-4-14-12/h3-5,9-11,16H,1-2,6-7H2,(H,17,18). The molecule has 3 heterocycles. The molecule has 2 N–H and O–H groups in total. The molecule has 5 heteroatoms. The SMILES string of the molecule is O=C(O)c1ccnc(N2C3CCC2CC(O)C3)c1. The maximum Gasteiger partial charge on any atom is 0.335 e. The Balaban J connectivity index is 1.91. The first-order valence-corrected chi connectivity index (χ1v) is 6.31. The van der Waals surface area contributed by atoms with E-state index >= 15 is 0 Å². The monoisotopic (exact) mass is 248 g/mol. The van der Waals surface area contributed by atoms with Crippen LogP contribution in [0.15, 0.2) is 18.3 Å². The van der Waals surface area contributed by atoms with E-state index in [9.17, 15) is 9.90 Å². The lowest BCUT2D eigenvalue weighted by Gasteiger charge is -2.38. The molecule has 0 spiro atoms. The van der Waals surface area contributed by atoms with E-state index in [0.29, 0.717) is 12.1 Å². The van der Waals surface area contributed by atoms with Crippen molar-refractivity contribution in [2.45, 2.75) is 43.9 Å². The number of carboxylic acid groups (broad SMARTS) is 1. The van der Waals surface area contributed by atoms with Crippen LogP contribution < -0.4 is 4.90 Å². The Hall–Kier alpha value is -1.62. The lowest BCUT2D eigenvalue weighted by molar-refractivity contribution is 0.0696. The molecule has 2 unspecified atom stereocenters. The van der Waals surface area contributed by atoms with Crippen LogP contribution in [-0.2, 0) is 0 Å². The molecule has 3 rings (SSSR count). The summed E-state index contributed by atoms with van der Waals surface area (Å²) in [4.78, 5) is 17.5. The molecular weight excluding hydrogens is 232 g/mol. The molecular formula is C13H16N2O3. The average molecular weight is 248 g/mol. The molecule has 18 heavy (non-hydrogen) atoms. The van der Waals surface area contributed by atoms with Crippen LogP contribution in [0, 0.1) is 0 Å². The fourth-order valence-corrected chi connectivity index (χ4v) is 3.22. The molecule has 0 aromatic carbocycles. The van der Waals surface area contributed by atoms with Crippen LogP contribution in [0.3, 0.4) is 0 Å². The van der Waals surface area contributed by atoms with Gasteiger partial charge < -0.3 is 15.1 Å². The maximum absolute atomic E-state index is 11.0. The van der Waals surface area contributed by atoms with Gasteiger partial charge in [-0.1, -0.05) is 0 Å². The van der Waals surface area contributed by atoms with E-state index in [0.717, 1.165) is 31.5 Å². The average Bonchev–Trinajstić information content (AvgIpc) is 2.62. The number of piperidine rings is 1. The first-order valence-electron chi connectivity index (χ1n) is 6.31. The van der Waals surface area contributed by atoms with Crippen molar-refractivity contribution in [1.82, 2.24) is 4.98 Å². The van der Waals surface area contributed by atoms with Gasteiger partial charge in [-0.3, -0.25) is 0 Å². The maximum atomic E-state index is 11.0. The van der Waals surface area contributed by atoms with Crippen LogP contribution in [-0.4, -0.2) is 39.4 Å². The van der Waals surface area contributed by atoms with Crippen LogP contribution in [0.1, 0.15) is 36.0 Å². The summed E-state index contributed by atoms with van der Waals surface area (Å²) >= 11 is 0. The van der Waals surface area contributed by atoms with E-state index < -0.39 is 5.97 Å². The number of aromatic carboxylic acids is 1. The number of hydrogen-bond acceptors (Lipinski definition) is 4. The predicted molar refractivity (Wildman–Crippen MR) is 65.7 cm³/mol. The molecule has 0 radical (unpaired) electrons. The van der Waals surface area contributed by atoms with Crippen molar-refractivity contribution in [3.63, 3.8) is 0 Å². The van der Waals surface area contributed by atoms with Crippen LogP contribution in [0.4, 0.5) is 5.82 Å². The van der Waals surface area contributed by atoms with E-state index in [1.54, 1.807) is 12.3 Å². The second-order valence-corrected chi connectivity index (χ2v) is 5.13. The highest BCUT2D eigenvalue weighted by atomic mass is 16.4. The van der Waals surface area contributed by atoms with Gasteiger partial charge in [-0.15, -0.1) is 0 Å². The fourth-order valence-electron chi connectivity index (χ4n) is 3.22. The summed E-state index contributed by atoms with van der Waals surface area (Å²) in [5.74, 6) is -0.197. The van der Waals surface area contributed by atoms with Gasteiger partial charge in [-0.05, 0) is 37.8 Å². The van der Waals surface area contributed by atoms with E-state index in [4.69, 9.17) is 5.11 Å². The van der Waals surface area contributed by atoms with Crippen molar-refractivity contribution in [2.75, 3.05) is 4.90 Å². The molecule has 1 aromatic rings. The highest BCUT2D eigenvalue weighted by Gasteiger charge is 2.40. The number of aromatic nitrogens is 1. The third-order valence-corrected chi connectivity index (χ3v) is 3.97. The third-order valence-electron chi connectivity index (χ3n) is 3.97. The second kappa shape index (κ2) is 4.24. The van der Waals surface area contributed by atoms with Crippen LogP contribution in [0.2, 0.25) is 0 Å². The highest BCUT2D eigenvalue weighted by molar-refractivity contribution is 5.88. The van der Waals surface area contributed by atoms with Crippen molar-refractivity contribution < 1.29 is 15.0 Å². The van der Waals surface area contributed by atoms with Crippen molar-refractivity contribution in [3.05, 3.63) is 23.9 Å². The minimum Gasteiger partial charge on any atom is -0.478 e. The van der Waals surface area contributed by atoms with E-state index in [1.807, 2.05) is 0 Å². The molecule has 0 saturated carbocycles. The minimum atomic E-state index is -0.928. The summed E-state index contributed by atoms with van der Waals surface area (Å²) in [5, 5.41) is 18.8. The summed E-state index contributed by atoms with van der Waals surface area (Å²) in [6.45, 7) is 0. The Bertz CT molecular complexity index is 463. The quantitative estimate of drug-likeness (QED) is 0.824. The first kappa shape index (κ1) is 11.5. The van der Waals surface area contributed by atoms with Crippen LogP contribution in [0.25, 0.3) is 0 Å². The smallest absolute Gasteiger partial charge is 0.335 e. The molecule has 2 saturated heterocycles. The molecule has 5 nitrogen and oxygen atoms in total. The zero-order chi connectivity index (χ0) is 12.7. The highest BCUT2D eigenvalue weighted by Crippen LogP contribution is 2.38. The van der Waals surface area contributed by atoms with Crippen molar-refractivity contribution in [1.29, 1.82) is 0 Å². The molecule has 1 aromatic heterocycles. The summed E-state index contributed by atoms with van der Waals surface area (Å²) < 4.78 is 0. The molecule has 0 aliphatic carbocycles. The molecule has 2 aliphatic heterocycles. The molecule has 0 amide bonds. The summed E-state index contributed by atoms with van der Waals surface area (Å²) in [5.41, 5.74) is 0.269. The van der Waals surface area contributed by atoms with Gasteiger partial charge in [0.1, 0.15) is 5.82 Å². The van der Waals surface area contributed by atoms with Crippen LogP contribution >= 0.6 is 0 Å². The Labute approximate surface area is 105 Å². The zero-order valence-electron chi connectivity index (χ0n) is 9.99. The van der Waals surface area contributed by atoms with Crippen LogP contribution in [0.5, 0.6) is 0 Å². The largest absolute Gasteiger partial charge is 0.478 e. The summed E-state index contributed by atoms with van der Waals surface area (Å²) in [6, 6.07) is 3.74. The number of pyridine rings is 1. The molecule has 2 fully saturated rings. The Kier molecular flexibility index (Phi) is 2.70. The number of aliphatic hydroxyl groups is 1. The topological polar surface area (TPSA) is 73.7 Å². The molecule has 96 valence electrons. The third kappa shape index (κ3) is 1.84. The van der Waals surface area contributed by atoms with E-state index in [-0.39, 0.29) is 11.7 Å². The molecule has 2 atom stereocenters. The number of fused-ring (bicyclic) bond motifs is 2. The van der Waals surface area contributed by atoms with Gasteiger partial charge in [0.15, 0.2) is 0 Å². The van der Waals surface area contributed by atoms with Gasteiger partial charge in [0.2, 0.25) is 0 Å². The van der Waals surface area contributed by atoms with Gasteiger partial charge in [0, 0.05) is 18.3 Å². The van der Waals surface area contributed by atoms with Gasteiger partial charge in [0.05, 0.1) is 11.7 Å². The Morgan fingerprint density at radius 2 is 2.00 bits per heavy atom. The number of anilines is 1. The number of rotatable bonds is 2. The first-order chi connectivity index (χ1) is 8.65. The van der Waals surface area contributed by atoms with E-state index in [2.05, 4.69) is 9.88 Å². The normalized spacial score (nSPS) is 30.5. The van der Waals surface area contributed by atoms with Crippen molar-refractivity contribution in [2.24, 2.45) is 0 Å². The zero-order valence-corrected chi connectivity index (χ0v) is 9.99. The molecule has 2 aliphatic rings. The van der Waals surface area contributed by atoms with Gasteiger partial charge >= 0.3 is 5.97 Å². The number of carboxylic acids is 1. The predicted octanol–water partition coefficient (Wildman–Crippen LogP) is 1.27. The fraction of sp³-hybridized carbons (Fsp3) is 0.538. The molecule has 2 bridgehead atoms. The number of nitrogens with zero attached hydrogens (tertiary/aromatic N) is 2. The summed E-state index contributed by atoms with van der Waals surface area (Å²) in [6.07, 6.45) is 4.96. The summed E-state index contributed by atoms with van der Waals surface area (Å²) in [7, 11) is 0. The van der Waals surface area contributed by atoms with Crippen molar-refractivity contribution >= 4 is 11.8 Å². The van der Waals surface area contributed by atoms with Gasteiger partial charge in [-0.25, -0.2) is 9.78 Å². The lowest BCUT2D eigenvalue weighted by Crippen LogP contribution is -2.45. The van der Waals surface area contributed by atoms with Gasteiger partial charge in [-0.2, -0.15) is 0 Å². The Morgan fingerprint density at radius 3 is 2.61 bits per heavy atom. The van der Waals surface area contributed by atoms with E-state index in [1.165, 1.54) is 6.07 Å². The number of aliphatic hydroxyl groups excluding tert-OH is 1. The minimum absolute atomic E-state index is 0.221. The van der Waals surface area contributed by atoms with Crippen molar-refractivity contribution in [3.8, 4) is 0 Å². The Morgan fingerprint density at radius 1 is 1.33 bits per heavy atom. The lowest BCUT2D eigenvalue weighted by atomic mass is 10.00. The number of hydrogen-bond donors (Lipinski definition) is 2. The van der Waals surface area contributed by atoms with Gasteiger partial charge in [0.25, 0.3) is 0 Å². The number of carbonyl (C=O) groups is 1. The second-order valence-electron chi connectivity index (χ2n) is 5.13.